The zero-order chi connectivity index (χ0) is 25.2. The van der Waals surface area contributed by atoms with Crippen molar-refractivity contribution in [2.24, 2.45) is 5.73 Å². The molecule has 0 bridgehead atoms. The van der Waals surface area contributed by atoms with Gasteiger partial charge in [0.25, 0.3) is 0 Å². The van der Waals surface area contributed by atoms with Crippen LogP contribution in [-0.2, 0) is 19.1 Å². The molecule has 10 heteroatoms. The van der Waals surface area contributed by atoms with Crippen LogP contribution in [0.1, 0.15) is 27.4 Å². The van der Waals surface area contributed by atoms with Crippen molar-refractivity contribution in [3.8, 4) is 6.07 Å². The van der Waals surface area contributed by atoms with E-state index in [4.69, 9.17) is 26.8 Å². The molecule has 0 saturated heterocycles. The summed E-state index contributed by atoms with van der Waals surface area (Å²) < 4.78 is 9.91. The topological polar surface area (TPSA) is 143 Å². The fourth-order valence-electron chi connectivity index (χ4n) is 3.91. The standard InChI is InChI=1S/C24H20ClN3O6/c1-12-9-10-15(25)17(22(29)30)19(12)28-20(24(32)34-3)18(23(31)33-2)16(14(11-26)21(28)27)13-7-5-4-6-8-13/h4-10,16H,27H2,1-3H3,(H,29,30). The number of ether oxygens (including phenoxy) is 2. The van der Waals surface area contributed by atoms with Gasteiger partial charge in [-0.3, -0.25) is 4.90 Å². The summed E-state index contributed by atoms with van der Waals surface area (Å²) in [5.41, 5.74) is 6.12. The van der Waals surface area contributed by atoms with Crippen LogP contribution in [0.2, 0.25) is 5.02 Å². The molecular formula is C24H20ClN3O6. The van der Waals surface area contributed by atoms with Crippen LogP contribution in [0.4, 0.5) is 5.69 Å². The highest BCUT2D eigenvalue weighted by molar-refractivity contribution is 6.34. The van der Waals surface area contributed by atoms with E-state index >= 15 is 0 Å². The minimum absolute atomic E-state index is 0.0847. The predicted octanol–water partition coefficient (Wildman–Crippen LogP) is 3.24. The Kier molecular flexibility index (Phi) is 6.94. The number of aryl methyl sites for hydroxylation is 1. The van der Waals surface area contributed by atoms with Crippen molar-refractivity contribution in [3.05, 3.63) is 86.8 Å². The van der Waals surface area contributed by atoms with Gasteiger partial charge in [0.15, 0.2) is 0 Å². The average molecular weight is 482 g/mol. The van der Waals surface area contributed by atoms with E-state index in [1.807, 2.05) is 6.07 Å². The van der Waals surface area contributed by atoms with Gasteiger partial charge < -0.3 is 20.3 Å². The van der Waals surface area contributed by atoms with E-state index in [9.17, 15) is 24.8 Å². The molecule has 1 aliphatic rings. The Balaban J connectivity index is 2.54. The Bertz CT molecular complexity index is 1290. The van der Waals surface area contributed by atoms with Crippen LogP contribution in [0.3, 0.4) is 0 Å². The van der Waals surface area contributed by atoms with Gasteiger partial charge in [-0.1, -0.05) is 48.0 Å². The molecule has 0 aromatic heterocycles. The molecule has 1 heterocycles. The number of esters is 2. The summed E-state index contributed by atoms with van der Waals surface area (Å²) in [6, 6.07) is 13.4. The number of anilines is 1. The minimum Gasteiger partial charge on any atom is -0.478 e. The number of nitrogens with two attached hydrogens (primary N) is 1. The van der Waals surface area contributed by atoms with E-state index in [-0.39, 0.29) is 38.9 Å². The monoisotopic (exact) mass is 481 g/mol. The smallest absolute Gasteiger partial charge is 0.355 e. The fraction of sp³-hybridized carbons (Fsp3) is 0.167. The van der Waals surface area contributed by atoms with Crippen molar-refractivity contribution in [1.29, 1.82) is 5.26 Å². The number of hydrogen-bond acceptors (Lipinski definition) is 8. The first-order chi connectivity index (χ1) is 16.2. The van der Waals surface area contributed by atoms with Gasteiger partial charge in [0.05, 0.1) is 48.1 Å². The molecule has 3 N–H and O–H groups in total. The van der Waals surface area contributed by atoms with Crippen molar-refractivity contribution >= 4 is 35.2 Å². The highest BCUT2D eigenvalue weighted by atomic mass is 35.5. The van der Waals surface area contributed by atoms with Crippen LogP contribution in [0, 0.1) is 18.3 Å². The number of methoxy groups -OCH3 is 2. The van der Waals surface area contributed by atoms with Gasteiger partial charge in [-0.2, -0.15) is 5.26 Å². The fourth-order valence-corrected chi connectivity index (χ4v) is 4.14. The molecule has 0 spiro atoms. The molecule has 3 rings (SSSR count). The molecule has 9 nitrogen and oxygen atoms in total. The van der Waals surface area contributed by atoms with Crippen molar-refractivity contribution in [1.82, 2.24) is 0 Å². The molecule has 1 unspecified atom stereocenters. The van der Waals surface area contributed by atoms with Crippen molar-refractivity contribution < 1.29 is 29.0 Å². The summed E-state index contributed by atoms with van der Waals surface area (Å²) in [6.07, 6.45) is 0. The van der Waals surface area contributed by atoms with E-state index in [1.165, 1.54) is 12.1 Å². The Morgan fingerprint density at radius 1 is 1.09 bits per heavy atom. The van der Waals surface area contributed by atoms with Crippen molar-refractivity contribution in [2.45, 2.75) is 12.8 Å². The first-order valence-electron chi connectivity index (χ1n) is 9.87. The summed E-state index contributed by atoms with van der Waals surface area (Å²) in [7, 11) is 2.22. The van der Waals surface area contributed by atoms with Gasteiger partial charge in [0.2, 0.25) is 0 Å². The normalized spacial score (nSPS) is 15.6. The van der Waals surface area contributed by atoms with Crippen LogP contribution < -0.4 is 10.6 Å². The lowest BCUT2D eigenvalue weighted by Crippen LogP contribution is -2.41. The maximum absolute atomic E-state index is 13.1. The molecule has 0 fully saturated rings. The zero-order valence-electron chi connectivity index (χ0n) is 18.5. The van der Waals surface area contributed by atoms with Crippen LogP contribution in [0.5, 0.6) is 0 Å². The maximum atomic E-state index is 13.1. The molecule has 0 saturated carbocycles. The number of hydrogen-bond donors (Lipinski definition) is 2. The molecule has 0 radical (unpaired) electrons. The average Bonchev–Trinajstić information content (AvgIpc) is 2.83. The second kappa shape index (κ2) is 9.68. The third-order valence-corrected chi connectivity index (χ3v) is 5.69. The molecular weight excluding hydrogens is 462 g/mol. The largest absolute Gasteiger partial charge is 0.478 e. The number of halogens is 1. The van der Waals surface area contributed by atoms with Gasteiger partial charge in [-0.25, -0.2) is 14.4 Å². The van der Waals surface area contributed by atoms with Gasteiger partial charge in [0, 0.05) is 0 Å². The number of rotatable bonds is 5. The van der Waals surface area contributed by atoms with Gasteiger partial charge in [-0.05, 0) is 24.1 Å². The Hall–Kier alpha value is -4.29. The van der Waals surface area contributed by atoms with Crippen LogP contribution in [-0.4, -0.2) is 37.2 Å². The lowest BCUT2D eigenvalue weighted by atomic mass is 9.80. The van der Waals surface area contributed by atoms with Gasteiger partial charge in [0.1, 0.15) is 17.1 Å². The Morgan fingerprint density at radius 3 is 2.24 bits per heavy atom. The van der Waals surface area contributed by atoms with Gasteiger partial charge in [-0.15, -0.1) is 0 Å². The summed E-state index contributed by atoms with van der Waals surface area (Å²) in [5, 5.41) is 19.8. The minimum atomic E-state index is -1.40. The molecule has 174 valence electrons. The van der Waals surface area contributed by atoms with Crippen molar-refractivity contribution in [2.75, 3.05) is 19.1 Å². The number of carbonyl (C=O) groups is 3. The molecule has 0 aliphatic carbocycles. The highest BCUT2D eigenvalue weighted by Crippen LogP contribution is 2.45. The Labute approximate surface area is 200 Å². The van der Waals surface area contributed by atoms with Crippen LogP contribution in [0.25, 0.3) is 0 Å². The first-order valence-corrected chi connectivity index (χ1v) is 10.2. The van der Waals surface area contributed by atoms with E-state index in [0.717, 1.165) is 19.1 Å². The number of nitrogens with zero attached hydrogens (tertiary/aromatic N) is 2. The van der Waals surface area contributed by atoms with Crippen molar-refractivity contribution in [3.63, 3.8) is 0 Å². The molecule has 1 aliphatic heterocycles. The second-order valence-electron chi connectivity index (χ2n) is 7.23. The number of nitriles is 1. The maximum Gasteiger partial charge on any atom is 0.355 e. The predicted molar refractivity (Wildman–Crippen MR) is 123 cm³/mol. The van der Waals surface area contributed by atoms with Crippen LogP contribution in [0.15, 0.2) is 65.1 Å². The number of carbonyl (C=O) groups excluding carboxylic acids is 2. The molecule has 34 heavy (non-hydrogen) atoms. The quantitative estimate of drug-likeness (QED) is 0.615. The molecule has 1 atom stereocenters. The number of carboxylic acids is 1. The lowest BCUT2D eigenvalue weighted by molar-refractivity contribution is -0.139. The van der Waals surface area contributed by atoms with E-state index in [0.29, 0.717) is 11.1 Å². The highest BCUT2D eigenvalue weighted by Gasteiger charge is 2.44. The van der Waals surface area contributed by atoms with E-state index < -0.39 is 23.8 Å². The molecule has 2 aromatic rings. The second-order valence-corrected chi connectivity index (χ2v) is 7.64. The summed E-state index contributed by atoms with van der Waals surface area (Å²) in [4.78, 5) is 39.3. The lowest BCUT2D eigenvalue weighted by Gasteiger charge is -2.37. The number of allylic oxidation sites excluding steroid dienone is 1. The van der Waals surface area contributed by atoms with E-state index in [2.05, 4.69) is 0 Å². The third-order valence-electron chi connectivity index (χ3n) is 5.38. The Morgan fingerprint density at radius 2 is 1.71 bits per heavy atom. The van der Waals surface area contributed by atoms with E-state index in [1.54, 1.807) is 37.3 Å². The number of benzene rings is 2. The first kappa shape index (κ1) is 24.4. The SMILES string of the molecule is COC(=O)C1=C(C(=O)OC)N(c2c(C)ccc(Cl)c2C(=O)O)C(N)=C(C#N)C1c1ccccc1. The zero-order valence-corrected chi connectivity index (χ0v) is 19.2. The molecule has 2 aromatic carbocycles. The summed E-state index contributed by atoms with van der Waals surface area (Å²) in [5.74, 6) is -4.63. The number of carboxylic acid groups (broad SMARTS) is 1. The summed E-state index contributed by atoms with van der Waals surface area (Å²) in [6.45, 7) is 1.58. The number of aromatic carboxylic acids is 1. The molecule has 0 amide bonds. The van der Waals surface area contributed by atoms with Crippen LogP contribution >= 0.6 is 11.6 Å². The van der Waals surface area contributed by atoms with Gasteiger partial charge >= 0.3 is 17.9 Å². The third kappa shape index (κ3) is 3.95. The summed E-state index contributed by atoms with van der Waals surface area (Å²) >= 11 is 6.19.